The molecule has 0 aromatic heterocycles. The maximum Gasteiger partial charge on any atom is 0.0459 e. The van der Waals surface area contributed by atoms with E-state index in [1.54, 1.807) is 0 Å². The fourth-order valence-electron chi connectivity index (χ4n) is 2.62. The average molecular weight is 239 g/mol. The summed E-state index contributed by atoms with van der Waals surface area (Å²) in [5, 5.41) is 9.92. The van der Waals surface area contributed by atoms with Crippen LogP contribution in [0.25, 0.3) is 0 Å². The summed E-state index contributed by atoms with van der Waals surface area (Å²) >= 11 is 5.98. The molecule has 1 fully saturated rings. The van der Waals surface area contributed by atoms with Crippen LogP contribution in [0.3, 0.4) is 0 Å². The zero-order valence-corrected chi connectivity index (χ0v) is 10.3. The lowest BCUT2D eigenvalue weighted by molar-refractivity contribution is 0.167. The van der Waals surface area contributed by atoms with Crippen molar-refractivity contribution >= 4 is 11.6 Å². The molecule has 0 atom stereocenters. The van der Waals surface area contributed by atoms with Crippen molar-refractivity contribution in [1.29, 1.82) is 0 Å². The van der Waals surface area contributed by atoms with E-state index < -0.39 is 0 Å². The van der Waals surface area contributed by atoms with Crippen LogP contribution in [-0.2, 0) is 6.42 Å². The zero-order chi connectivity index (χ0) is 11.4. The third-order valence-corrected chi connectivity index (χ3v) is 3.87. The van der Waals surface area contributed by atoms with E-state index in [0.717, 1.165) is 17.4 Å². The Kier molecular flexibility index (Phi) is 4.25. The van der Waals surface area contributed by atoms with Crippen LogP contribution in [0.5, 0.6) is 0 Å². The third kappa shape index (κ3) is 3.23. The van der Waals surface area contributed by atoms with E-state index in [1.807, 2.05) is 12.1 Å². The lowest BCUT2D eigenvalue weighted by Gasteiger charge is -2.27. The molecule has 2 heteroatoms. The number of rotatable bonds is 3. The lowest BCUT2D eigenvalue weighted by atomic mass is 9.79. The monoisotopic (exact) mass is 238 g/mol. The lowest BCUT2D eigenvalue weighted by Crippen LogP contribution is -2.18. The van der Waals surface area contributed by atoms with Gasteiger partial charge < -0.3 is 5.11 Å². The minimum Gasteiger partial charge on any atom is -0.396 e. The maximum absolute atomic E-state index is 9.09. The van der Waals surface area contributed by atoms with Gasteiger partial charge in [0.05, 0.1) is 0 Å². The van der Waals surface area contributed by atoms with Crippen LogP contribution in [0.4, 0.5) is 0 Å². The summed E-state index contributed by atoms with van der Waals surface area (Å²) < 4.78 is 0. The average Bonchev–Trinajstić information content (AvgIpc) is 2.30. The summed E-state index contributed by atoms with van der Waals surface area (Å²) in [4.78, 5) is 0. The molecule has 0 aliphatic heterocycles. The summed E-state index contributed by atoms with van der Waals surface area (Å²) in [5.74, 6) is 1.33. The minimum absolute atomic E-state index is 0.365. The minimum atomic E-state index is 0.365. The molecule has 0 amide bonds. The van der Waals surface area contributed by atoms with Crippen LogP contribution in [0.1, 0.15) is 31.2 Å². The number of halogens is 1. The molecule has 0 spiro atoms. The quantitative estimate of drug-likeness (QED) is 0.852. The molecule has 1 aromatic carbocycles. The Balaban J connectivity index is 1.87. The van der Waals surface area contributed by atoms with Gasteiger partial charge in [0.2, 0.25) is 0 Å². The second-order valence-electron chi connectivity index (χ2n) is 4.90. The highest BCUT2D eigenvalue weighted by Crippen LogP contribution is 2.31. The van der Waals surface area contributed by atoms with Crippen molar-refractivity contribution in [1.82, 2.24) is 0 Å². The summed E-state index contributed by atoms with van der Waals surface area (Å²) in [7, 11) is 0. The van der Waals surface area contributed by atoms with E-state index in [2.05, 4.69) is 12.1 Å². The maximum atomic E-state index is 9.09. The molecule has 1 aromatic rings. The SMILES string of the molecule is OCC1CCC(Cc2cccc(Cl)c2)CC1. The Morgan fingerprint density at radius 2 is 1.81 bits per heavy atom. The van der Waals surface area contributed by atoms with Crippen LogP contribution in [0.2, 0.25) is 5.02 Å². The van der Waals surface area contributed by atoms with E-state index >= 15 is 0 Å². The molecule has 0 saturated heterocycles. The second-order valence-corrected chi connectivity index (χ2v) is 5.34. The molecular weight excluding hydrogens is 220 g/mol. The predicted octanol–water partition coefficient (Wildman–Crippen LogP) is 3.68. The molecular formula is C14H19ClO. The van der Waals surface area contributed by atoms with Gasteiger partial charge in [0, 0.05) is 11.6 Å². The highest BCUT2D eigenvalue weighted by Gasteiger charge is 2.20. The van der Waals surface area contributed by atoms with E-state index in [1.165, 1.54) is 31.2 Å². The molecule has 0 heterocycles. The van der Waals surface area contributed by atoms with Crippen LogP contribution < -0.4 is 0 Å². The molecule has 0 radical (unpaired) electrons. The van der Waals surface area contributed by atoms with Crippen LogP contribution in [-0.4, -0.2) is 11.7 Å². The number of hydrogen-bond donors (Lipinski definition) is 1. The standard InChI is InChI=1S/C14H19ClO/c15-14-3-1-2-13(9-14)8-11-4-6-12(10-16)7-5-11/h1-3,9,11-12,16H,4-8,10H2. The largest absolute Gasteiger partial charge is 0.396 e. The molecule has 2 rings (SSSR count). The highest BCUT2D eigenvalue weighted by molar-refractivity contribution is 6.30. The third-order valence-electron chi connectivity index (χ3n) is 3.64. The van der Waals surface area contributed by atoms with E-state index in [9.17, 15) is 0 Å². The molecule has 1 aliphatic rings. The van der Waals surface area contributed by atoms with Crippen LogP contribution in [0.15, 0.2) is 24.3 Å². The molecule has 1 N–H and O–H groups in total. The molecule has 1 nitrogen and oxygen atoms in total. The van der Waals surface area contributed by atoms with Crippen molar-refractivity contribution in [2.24, 2.45) is 11.8 Å². The van der Waals surface area contributed by atoms with Crippen LogP contribution >= 0.6 is 11.6 Å². The number of aliphatic hydroxyl groups is 1. The first-order chi connectivity index (χ1) is 7.78. The first-order valence-electron chi connectivity index (χ1n) is 6.13. The summed E-state index contributed by atoms with van der Waals surface area (Å²) in [5.41, 5.74) is 1.35. The predicted molar refractivity (Wildman–Crippen MR) is 67.7 cm³/mol. The van der Waals surface area contributed by atoms with Gasteiger partial charge in [0.25, 0.3) is 0 Å². The van der Waals surface area contributed by atoms with Gasteiger partial charge in [0.1, 0.15) is 0 Å². The topological polar surface area (TPSA) is 20.2 Å². The Morgan fingerprint density at radius 1 is 1.12 bits per heavy atom. The van der Waals surface area contributed by atoms with Crippen LogP contribution in [0, 0.1) is 11.8 Å². The van der Waals surface area contributed by atoms with Gasteiger partial charge in [-0.05, 0) is 61.6 Å². The summed E-state index contributed by atoms with van der Waals surface area (Å²) in [6.45, 7) is 0.365. The molecule has 0 bridgehead atoms. The van der Waals surface area contributed by atoms with Crippen molar-refractivity contribution in [2.75, 3.05) is 6.61 Å². The fraction of sp³-hybridized carbons (Fsp3) is 0.571. The first kappa shape index (κ1) is 11.9. The molecule has 1 aliphatic carbocycles. The Bertz CT molecular complexity index is 329. The van der Waals surface area contributed by atoms with E-state index in [-0.39, 0.29) is 0 Å². The van der Waals surface area contributed by atoms with Crippen molar-refractivity contribution in [2.45, 2.75) is 32.1 Å². The number of aliphatic hydroxyl groups excluding tert-OH is 1. The van der Waals surface area contributed by atoms with Gasteiger partial charge in [-0.25, -0.2) is 0 Å². The van der Waals surface area contributed by atoms with Gasteiger partial charge in [0.15, 0.2) is 0 Å². The summed E-state index contributed by atoms with van der Waals surface area (Å²) in [6, 6.07) is 8.18. The Morgan fingerprint density at radius 3 is 2.44 bits per heavy atom. The zero-order valence-electron chi connectivity index (χ0n) is 9.53. The van der Waals surface area contributed by atoms with Crippen molar-refractivity contribution in [3.63, 3.8) is 0 Å². The van der Waals surface area contributed by atoms with Crippen molar-refractivity contribution in [3.8, 4) is 0 Å². The van der Waals surface area contributed by atoms with Crippen molar-refractivity contribution < 1.29 is 5.11 Å². The molecule has 88 valence electrons. The van der Waals surface area contributed by atoms with Gasteiger partial charge in [-0.2, -0.15) is 0 Å². The smallest absolute Gasteiger partial charge is 0.0459 e. The highest BCUT2D eigenvalue weighted by atomic mass is 35.5. The summed E-state index contributed by atoms with van der Waals surface area (Å²) in [6.07, 6.45) is 6.00. The van der Waals surface area contributed by atoms with Gasteiger partial charge in [-0.15, -0.1) is 0 Å². The molecule has 0 unspecified atom stereocenters. The number of hydrogen-bond acceptors (Lipinski definition) is 1. The Hall–Kier alpha value is -0.530. The Labute approximate surface area is 102 Å². The number of benzene rings is 1. The normalized spacial score (nSPS) is 25.6. The molecule has 1 saturated carbocycles. The van der Waals surface area contributed by atoms with Gasteiger partial charge in [-0.1, -0.05) is 23.7 Å². The fourth-order valence-corrected chi connectivity index (χ4v) is 2.83. The van der Waals surface area contributed by atoms with Crippen molar-refractivity contribution in [3.05, 3.63) is 34.9 Å². The van der Waals surface area contributed by atoms with E-state index in [4.69, 9.17) is 16.7 Å². The van der Waals surface area contributed by atoms with Gasteiger partial charge >= 0.3 is 0 Å². The van der Waals surface area contributed by atoms with E-state index in [0.29, 0.717) is 12.5 Å². The van der Waals surface area contributed by atoms with Gasteiger partial charge in [-0.3, -0.25) is 0 Å². The first-order valence-corrected chi connectivity index (χ1v) is 6.51. The molecule has 16 heavy (non-hydrogen) atoms. The second kappa shape index (κ2) is 5.70.